The van der Waals surface area contributed by atoms with Crippen LogP contribution >= 0.6 is 0 Å². The molecule has 1 atom stereocenters. The lowest BCUT2D eigenvalue weighted by atomic mass is 9.78. The summed E-state index contributed by atoms with van der Waals surface area (Å²) in [6.45, 7) is 5.58. The number of aromatic nitrogens is 1. The first-order valence-electron chi connectivity index (χ1n) is 6.95. The Hall–Kier alpha value is -0.890. The van der Waals surface area contributed by atoms with Crippen LogP contribution in [0.15, 0.2) is 24.4 Å². The molecule has 0 aromatic carbocycles. The highest BCUT2D eigenvalue weighted by Gasteiger charge is 2.27. The molecule has 0 saturated heterocycles. The minimum absolute atomic E-state index is 0.453. The van der Waals surface area contributed by atoms with Gasteiger partial charge in [0, 0.05) is 6.20 Å². The van der Waals surface area contributed by atoms with Gasteiger partial charge in [0.15, 0.2) is 0 Å². The predicted octanol–water partition coefficient (Wildman–Crippen LogP) is 3.56. The highest BCUT2D eigenvalue weighted by atomic mass is 14.9. The number of hydrogen-bond acceptors (Lipinski definition) is 2. The number of rotatable bonds is 4. The zero-order valence-corrected chi connectivity index (χ0v) is 11.0. The van der Waals surface area contributed by atoms with E-state index in [9.17, 15) is 0 Å². The van der Waals surface area contributed by atoms with Crippen molar-refractivity contribution in [3.8, 4) is 0 Å². The maximum absolute atomic E-state index is 4.53. The van der Waals surface area contributed by atoms with Crippen LogP contribution in [-0.4, -0.2) is 11.5 Å². The van der Waals surface area contributed by atoms with E-state index in [4.69, 9.17) is 0 Å². The molecule has 2 rings (SSSR count). The molecule has 1 aliphatic carbocycles. The second-order valence-electron chi connectivity index (χ2n) is 5.31. The molecule has 0 spiro atoms. The minimum atomic E-state index is 0.453. The molecule has 1 aliphatic rings. The number of nitrogens with one attached hydrogen (secondary N) is 1. The topological polar surface area (TPSA) is 24.9 Å². The van der Waals surface area contributed by atoms with E-state index in [1.54, 1.807) is 0 Å². The summed E-state index contributed by atoms with van der Waals surface area (Å²) >= 11 is 0. The molecule has 17 heavy (non-hydrogen) atoms. The predicted molar refractivity (Wildman–Crippen MR) is 71.8 cm³/mol. The van der Waals surface area contributed by atoms with Crippen LogP contribution in [0.2, 0.25) is 0 Å². The smallest absolute Gasteiger partial charge is 0.0576 e. The molecule has 1 fully saturated rings. The molecule has 0 radical (unpaired) electrons. The molecular formula is C15H24N2. The Kier molecular flexibility index (Phi) is 4.55. The zero-order chi connectivity index (χ0) is 12.1. The maximum Gasteiger partial charge on any atom is 0.0576 e. The molecule has 1 saturated carbocycles. The molecule has 0 bridgehead atoms. The van der Waals surface area contributed by atoms with Crippen LogP contribution in [0.5, 0.6) is 0 Å². The fraction of sp³-hybridized carbons (Fsp3) is 0.667. The van der Waals surface area contributed by atoms with Crippen molar-refractivity contribution in [1.29, 1.82) is 0 Å². The van der Waals surface area contributed by atoms with Gasteiger partial charge in [-0.3, -0.25) is 4.98 Å². The molecule has 2 nitrogen and oxygen atoms in total. The van der Waals surface area contributed by atoms with Crippen molar-refractivity contribution in [2.75, 3.05) is 6.54 Å². The van der Waals surface area contributed by atoms with Crippen molar-refractivity contribution in [1.82, 2.24) is 10.3 Å². The van der Waals surface area contributed by atoms with Gasteiger partial charge < -0.3 is 5.32 Å². The fourth-order valence-corrected chi connectivity index (χ4v) is 2.91. The van der Waals surface area contributed by atoms with Crippen molar-refractivity contribution in [3.63, 3.8) is 0 Å². The van der Waals surface area contributed by atoms with Crippen LogP contribution in [0.1, 0.15) is 51.3 Å². The van der Waals surface area contributed by atoms with Crippen LogP contribution in [-0.2, 0) is 0 Å². The normalized spacial score (nSPS) is 26.7. The molecule has 1 aromatic rings. The Morgan fingerprint density at radius 3 is 2.65 bits per heavy atom. The summed E-state index contributed by atoms with van der Waals surface area (Å²) in [4.78, 5) is 4.53. The lowest BCUT2D eigenvalue weighted by Crippen LogP contribution is -2.31. The zero-order valence-electron chi connectivity index (χ0n) is 11.0. The molecule has 1 unspecified atom stereocenters. The summed E-state index contributed by atoms with van der Waals surface area (Å²) in [5, 5.41) is 3.62. The lowest BCUT2D eigenvalue weighted by molar-refractivity contribution is 0.230. The Morgan fingerprint density at radius 1 is 1.29 bits per heavy atom. The van der Waals surface area contributed by atoms with E-state index in [1.807, 2.05) is 12.3 Å². The molecule has 1 N–H and O–H groups in total. The average molecular weight is 232 g/mol. The Bertz CT molecular complexity index is 315. The van der Waals surface area contributed by atoms with E-state index in [-0.39, 0.29) is 0 Å². The van der Waals surface area contributed by atoms with Gasteiger partial charge in [-0.15, -0.1) is 0 Å². The summed E-state index contributed by atoms with van der Waals surface area (Å²) < 4.78 is 0. The van der Waals surface area contributed by atoms with Gasteiger partial charge in [-0.25, -0.2) is 0 Å². The molecule has 1 aromatic heterocycles. The average Bonchev–Trinajstić information content (AvgIpc) is 2.38. The highest BCUT2D eigenvalue weighted by Crippen LogP contribution is 2.35. The second-order valence-corrected chi connectivity index (χ2v) is 5.31. The van der Waals surface area contributed by atoms with Crippen LogP contribution < -0.4 is 5.32 Å². The van der Waals surface area contributed by atoms with Gasteiger partial charge in [-0.1, -0.05) is 32.8 Å². The van der Waals surface area contributed by atoms with Gasteiger partial charge in [0.2, 0.25) is 0 Å². The monoisotopic (exact) mass is 232 g/mol. The Labute approximate surface area is 105 Å². The van der Waals surface area contributed by atoms with Crippen molar-refractivity contribution < 1.29 is 0 Å². The van der Waals surface area contributed by atoms with Gasteiger partial charge in [0.25, 0.3) is 0 Å². The number of pyridine rings is 1. The van der Waals surface area contributed by atoms with Crippen molar-refractivity contribution in [3.05, 3.63) is 30.1 Å². The molecule has 0 amide bonds. The summed E-state index contributed by atoms with van der Waals surface area (Å²) in [5.74, 6) is 1.68. The molecular weight excluding hydrogens is 208 g/mol. The third kappa shape index (κ3) is 3.29. The van der Waals surface area contributed by atoms with E-state index >= 15 is 0 Å². The molecule has 1 heterocycles. The van der Waals surface area contributed by atoms with Crippen molar-refractivity contribution in [2.24, 2.45) is 11.8 Å². The van der Waals surface area contributed by atoms with Gasteiger partial charge in [-0.2, -0.15) is 0 Å². The Balaban J connectivity index is 2.07. The largest absolute Gasteiger partial charge is 0.309 e. The first kappa shape index (κ1) is 12.6. The lowest BCUT2D eigenvalue weighted by Gasteiger charge is -2.32. The van der Waals surface area contributed by atoms with Crippen LogP contribution in [0.3, 0.4) is 0 Å². The third-order valence-corrected chi connectivity index (χ3v) is 3.96. The first-order valence-corrected chi connectivity index (χ1v) is 6.95. The SMILES string of the molecule is CCNC(c1ccccn1)C1CCC(C)CC1. The van der Waals surface area contributed by atoms with Gasteiger partial charge in [0.05, 0.1) is 11.7 Å². The third-order valence-electron chi connectivity index (χ3n) is 3.96. The maximum atomic E-state index is 4.53. The van der Waals surface area contributed by atoms with Crippen molar-refractivity contribution in [2.45, 2.75) is 45.6 Å². The van der Waals surface area contributed by atoms with E-state index < -0.39 is 0 Å². The highest BCUT2D eigenvalue weighted by molar-refractivity contribution is 5.10. The number of hydrogen-bond donors (Lipinski definition) is 1. The molecule has 0 aliphatic heterocycles. The van der Waals surface area contributed by atoms with E-state index in [0.717, 1.165) is 18.4 Å². The van der Waals surface area contributed by atoms with E-state index in [2.05, 4.69) is 36.3 Å². The fourth-order valence-electron chi connectivity index (χ4n) is 2.91. The van der Waals surface area contributed by atoms with Crippen LogP contribution in [0.25, 0.3) is 0 Å². The second kappa shape index (κ2) is 6.15. The van der Waals surface area contributed by atoms with Gasteiger partial charge >= 0.3 is 0 Å². The first-order chi connectivity index (χ1) is 8.31. The van der Waals surface area contributed by atoms with E-state index in [1.165, 1.54) is 31.4 Å². The summed E-state index contributed by atoms with van der Waals surface area (Å²) in [6, 6.07) is 6.70. The molecule has 2 heteroatoms. The van der Waals surface area contributed by atoms with E-state index in [0.29, 0.717) is 6.04 Å². The summed E-state index contributed by atoms with van der Waals surface area (Å²) in [5.41, 5.74) is 1.22. The quantitative estimate of drug-likeness (QED) is 0.858. The standard InChI is InChI=1S/C15H24N2/c1-3-16-15(14-6-4-5-11-17-14)13-9-7-12(2)8-10-13/h4-6,11-13,15-16H,3,7-10H2,1-2H3. The van der Waals surface area contributed by atoms with Gasteiger partial charge in [0.1, 0.15) is 0 Å². The number of nitrogens with zero attached hydrogens (tertiary/aromatic N) is 1. The summed E-state index contributed by atoms with van der Waals surface area (Å²) in [7, 11) is 0. The minimum Gasteiger partial charge on any atom is -0.309 e. The molecule has 94 valence electrons. The van der Waals surface area contributed by atoms with Crippen LogP contribution in [0.4, 0.5) is 0 Å². The van der Waals surface area contributed by atoms with Crippen LogP contribution in [0, 0.1) is 11.8 Å². The Morgan fingerprint density at radius 2 is 2.06 bits per heavy atom. The van der Waals surface area contributed by atoms with Gasteiger partial charge in [-0.05, 0) is 43.4 Å². The summed E-state index contributed by atoms with van der Waals surface area (Å²) in [6.07, 6.45) is 7.34. The van der Waals surface area contributed by atoms with Crippen molar-refractivity contribution >= 4 is 0 Å².